The van der Waals surface area contributed by atoms with E-state index in [1.807, 2.05) is 16.7 Å². The zero-order valence-corrected chi connectivity index (χ0v) is 15.1. The van der Waals surface area contributed by atoms with E-state index in [2.05, 4.69) is 29.6 Å². The third-order valence-corrected chi connectivity index (χ3v) is 6.44. The summed E-state index contributed by atoms with van der Waals surface area (Å²) in [5, 5.41) is 12.9. The van der Waals surface area contributed by atoms with Crippen molar-refractivity contribution in [3.05, 3.63) is 35.4 Å². The number of carbonyl (C=O) groups excluding carboxylic acids is 1. The highest BCUT2D eigenvalue weighted by molar-refractivity contribution is 8.00. The summed E-state index contributed by atoms with van der Waals surface area (Å²) < 4.78 is 0. The quantitative estimate of drug-likeness (QED) is 0.829. The van der Waals surface area contributed by atoms with Gasteiger partial charge in [0.1, 0.15) is 0 Å². The van der Waals surface area contributed by atoms with Crippen LogP contribution in [0, 0.1) is 0 Å². The molecule has 3 rings (SSSR count). The molecule has 1 aromatic rings. The van der Waals surface area contributed by atoms with Gasteiger partial charge in [0.05, 0.1) is 6.04 Å². The van der Waals surface area contributed by atoms with Gasteiger partial charge >= 0.3 is 6.03 Å². The molecule has 1 aliphatic carbocycles. The summed E-state index contributed by atoms with van der Waals surface area (Å²) in [5.41, 5.74) is 2.65. The molecule has 4 nitrogen and oxygen atoms in total. The Hall–Kier alpha value is -1.20. The number of fused-ring (bicyclic) bond motifs is 1. The Morgan fingerprint density at radius 1 is 1.29 bits per heavy atom. The van der Waals surface area contributed by atoms with Crippen molar-refractivity contribution in [2.45, 2.75) is 49.8 Å². The van der Waals surface area contributed by atoms with Crippen molar-refractivity contribution >= 4 is 17.8 Å². The first-order chi connectivity index (χ1) is 11.8. The van der Waals surface area contributed by atoms with E-state index in [4.69, 9.17) is 0 Å². The fraction of sp³-hybridized carbons (Fsp3) is 0.632. The van der Waals surface area contributed by atoms with Crippen molar-refractivity contribution < 1.29 is 9.90 Å². The topological polar surface area (TPSA) is 52.6 Å². The highest BCUT2D eigenvalue weighted by atomic mass is 32.2. The van der Waals surface area contributed by atoms with Gasteiger partial charge in [-0.2, -0.15) is 11.8 Å². The first kappa shape index (κ1) is 17.6. The molecule has 0 radical (unpaired) electrons. The van der Waals surface area contributed by atoms with E-state index in [0.717, 1.165) is 25.8 Å². The lowest BCUT2D eigenvalue weighted by molar-refractivity contribution is 0.158. The molecule has 132 valence electrons. The number of aryl methyl sites for hydroxylation is 1. The fourth-order valence-corrected chi connectivity index (χ4v) is 5.00. The van der Waals surface area contributed by atoms with Gasteiger partial charge in [-0.1, -0.05) is 24.3 Å². The van der Waals surface area contributed by atoms with E-state index in [0.29, 0.717) is 18.2 Å². The highest BCUT2D eigenvalue weighted by Crippen LogP contribution is 2.34. The maximum atomic E-state index is 12.8. The first-order valence-electron chi connectivity index (χ1n) is 9.14. The standard InChI is InChI=1S/C19H28N2O2S/c22-12-5-11-21(19(23)20-14-16-8-4-13-24-16)18-10-3-7-15-6-1-2-9-17(15)18/h1-2,6,9,16,18,22H,3-5,7-8,10-14H2,(H,20,23). The number of nitrogens with zero attached hydrogens (tertiary/aromatic N) is 1. The number of urea groups is 1. The lowest BCUT2D eigenvalue weighted by Gasteiger charge is -2.36. The third-order valence-electron chi connectivity index (χ3n) is 5.04. The van der Waals surface area contributed by atoms with Crippen LogP contribution in [0.2, 0.25) is 0 Å². The zero-order valence-electron chi connectivity index (χ0n) is 14.2. The number of benzene rings is 1. The lowest BCUT2D eigenvalue weighted by atomic mass is 9.87. The molecule has 24 heavy (non-hydrogen) atoms. The van der Waals surface area contributed by atoms with Crippen molar-refractivity contribution in [1.82, 2.24) is 10.2 Å². The molecule has 2 unspecified atom stereocenters. The maximum absolute atomic E-state index is 12.8. The summed E-state index contributed by atoms with van der Waals surface area (Å²) in [4.78, 5) is 14.8. The Balaban J connectivity index is 1.70. The van der Waals surface area contributed by atoms with Crippen LogP contribution in [-0.4, -0.2) is 46.7 Å². The third kappa shape index (κ3) is 4.25. The van der Waals surface area contributed by atoms with Gasteiger partial charge in [0.2, 0.25) is 0 Å². The van der Waals surface area contributed by atoms with E-state index in [1.165, 1.54) is 29.7 Å². The van der Waals surface area contributed by atoms with Gasteiger partial charge in [0.15, 0.2) is 0 Å². The van der Waals surface area contributed by atoms with Crippen LogP contribution >= 0.6 is 11.8 Å². The summed E-state index contributed by atoms with van der Waals surface area (Å²) >= 11 is 1.96. The van der Waals surface area contributed by atoms with Gasteiger partial charge in [0.25, 0.3) is 0 Å². The predicted molar refractivity (Wildman–Crippen MR) is 99.4 cm³/mol. The maximum Gasteiger partial charge on any atom is 0.317 e. The SMILES string of the molecule is O=C(NCC1CCCS1)N(CCCO)C1CCCc2ccccc21. The molecule has 1 heterocycles. The zero-order chi connectivity index (χ0) is 16.8. The van der Waals surface area contributed by atoms with Crippen molar-refractivity contribution in [2.75, 3.05) is 25.4 Å². The molecule has 0 bridgehead atoms. The van der Waals surface area contributed by atoms with E-state index in [-0.39, 0.29) is 18.7 Å². The second-order valence-electron chi connectivity index (χ2n) is 6.70. The summed E-state index contributed by atoms with van der Waals surface area (Å²) in [5.74, 6) is 1.21. The minimum absolute atomic E-state index is 0.0256. The summed E-state index contributed by atoms with van der Waals surface area (Å²) in [7, 11) is 0. The van der Waals surface area contributed by atoms with Crippen LogP contribution in [0.25, 0.3) is 0 Å². The number of rotatable bonds is 6. The van der Waals surface area contributed by atoms with E-state index in [9.17, 15) is 9.90 Å². The van der Waals surface area contributed by atoms with Crippen LogP contribution in [0.15, 0.2) is 24.3 Å². The average molecular weight is 349 g/mol. The number of aliphatic hydroxyl groups is 1. The Morgan fingerprint density at radius 3 is 2.96 bits per heavy atom. The van der Waals surface area contributed by atoms with Crippen LogP contribution in [0.4, 0.5) is 4.79 Å². The largest absolute Gasteiger partial charge is 0.396 e. The summed E-state index contributed by atoms with van der Waals surface area (Å²) in [6, 6.07) is 8.64. The van der Waals surface area contributed by atoms with Crippen LogP contribution in [0.1, 0.15) is 49.3 Å². The fourth-order valence-electron chi connectivity index (χ4n) is 3.80. The number of thioether (sulfide) groups is 1. The highest BCUT2D eigenvalue weighted by Gasteiger charge is 2.29. The van der Waals surface area contributed by atoms with Crippen LogP contribution in [0.3, 0.4) is 0 Å². The molecule has 1 saturated heterocycles. The van der Waals surface area contributed by atoms with E-state index in [1.54, 1.807) is 0 Å². The van der Waals surface area contributed by atoms with E-state index < -0.39 is 0 Å². The van der Waals surface area contributed by atoms with Crippen molar-refractivity contribution in [2.24, 2.45) is 0 Å². The lowest BCUT2D eigenvalue weighted by Crippen LogP contribution is -2.45. The van der Waals surface area contributed by atoms with Gasteiger partial charge in [-0.05, 0) is 55.4 Å². The van der Waals surface area contributed by atoms with E-state index >= 15 is 0 Å². The number of aliphatic hydroxyl groups excluding tert-OH is 1. The Kier molecular flexibility index (Phi) is 6.44. The first-order valence-corrected chi connectivity index (χ1v) is 10.2. The molecule has 1 aliphatic heterocycles. The van der Waals surface area contributed by atoms with Crippen molar-refractivity contribution in [3.63, 3.8) is 0 Å². The molecule has 1 aromatic carbocycles. The van der Waals surface area contributed by atoms with Gasteiger partial charge < -0.3 is 15.3 Å². The Labute approximate surface area is 149 Å². The molecule has 2 N–H and O–H groups in total. The number of hydrogen-bond donors (Lipinski definition) is 2. The minimum atomic E-state index is 0.0256. The average Bonchev–Trinajstić information content (AvgIpc) is 3.14. The molecule has 2 amide bonds. The number of carbonyl (C=O) groups is 1. The Morgan fingerprint density at radius 2 is 2.17 bits per heavy atom. The van der Waals surface area contributed by atoms with Gasteiger partial charge in [0, 0.05) is 24.9 Å². The molecule has 0 spiro atoms. The number of nitrogens with one attached hydrogen (secondary N) is 1. The monoisotopic (exact) mass is 348 g/mol. The Bertz CT molecular complexity index is 546. The summed E-state index contributed by atoms with van der Waals surface area (Å²) in [6.45, 7) is 1.49. The van der Waals surface area contributed by atoms with Gasteiger partial charge in [-0.3, -0.25) is 0 Å². The normalized spacial score (nSPS) is 22.9. The van der Waals surface area contributed by atoms with Gasteiger partial charge in [-0.25, -0.2) is 4.79 Å². The number of hydrogen-bond acceptors (Lipinski definition) is 3. The van der Waals surface area contributed by atoms with Crippen molar-refractivity contribution in [1.29, 1.82) is 0 Å². The minimum Gasteiger partial charge on any atom is -0.396 e. The smallest absolute Gasteiger partial charge is 0.317 e. The molecular formula is C19H28N2O2S. The molecular weight excluding hydrogens is 320 g/mol. The van der Waals surface area contributed by atoms with Crippen LogP contribution < -0.4 is 5.32 Å². The molecule has 5 heteroatoms. The molecule has 2 atom stereocenters. The predicted octanol–water partition coefficient (Wildman–Crippen LogP) is 3.35. The van der Waals surface area contributed by atoms with Crippen LogP contribution in [-0.2, 0) is 6.42 Å². The molecule has 0 saturated carbocycles. The molecule has 1 fully saturated rings. The van der Waals surface area contributed by atoms with Crippen molar-refractivity contribution in [3.8, 4) is 0 Å². The van der Waals surface area contributed by atoms with Gasteiger partial charge in [-0.15, -0.1) is 0 Å². The number of amides is 2. The molecule has 0 aromatic heterocycles. The second kappa shape index (κ2) is 8.77. The van der Waals surface area contributed by atoms with Crippen LogP contribution in [0.5, 0.6) is 0 Å². The summed E-state index contributed by atoms with van der Waals surface area (Å²) in [6.07, 6.45) is 6.31. The molecule has 2 aliphatic rings. The second-order valence-corrected chi connectivity index (χ2v) is 8.11.